The number of aliphatic hydroxyl groups excluding tert-OH is 1. The van der Waals surface area contributed by atoms with Gasteiger partial charge in [-0.05, 0) is 63.5 Å². The van der Waals surface area contributed by atoms with Gasteiger partial charge in [-0.25, -0.2) is 9.97 Å². The number of aromatic nitrogens is 3. The molecule has 1 aromatic carbocycles. The Kier molecular flexibility index (Phi) is 5.09. The van der Waals surface area contributed by atoms with E-state index < -0.39 is 0 Å². The largest absolute Gasteiger partial charge is 0.396 e. The van der Waals surface area contributed by atoms with Crippen molar-refractivity contribution in [3.63, 3.8) is 0 Å². The van der Waals surface area contributed by atoms with Gasteiger partial charge in [-0.15, -0.1) is 11.3 Å². The molecule has 7 heteroatoms. The zero-order valence-electron chi connectivity index (χ0n) is 16.7. The van der Waals surface area contributed by atoms with Gasteiger partial charge in [0.15, 0.2) is 0 Å². The van der Waals surface area contributed by atoms with Crippen LogP contribution in [0.2, 0.25) is 0 Å². The molecule has 2 aliphatic carbocycles. The standard InChI is InChI=1S/C22H27N5OS/c1-13-19(21-26-17-7-2-3-8-18(17)29-21)20(24-16-10-9-14(11-16)12-28)27-22(23-13)25-15-5-4-6-15/h2-3,7-8,14-16,28H,4-6,9-12H2,1H3,(H2,23,24,25,27). The molecule has 6 nitrogen and oxygen atoms in total. The maximum absolute atomic E-state index is 9.51. The Balaban J connectivity index is 1.52. The highest BCUT2D eigenvalue weighted by atomic mass is 32.1. The minimum Gasteiger partial charge on any atom is -0.396 e. The van der Waals surface area contributed by atoms with Crippen molar-refractivity contribution in [2.45, 2.75) is 57.5 Å². The highest BCUT2D eigenvalue weighted by molar-refractivity contribution is 7.21. The molecule has 0 saturated heterocycles. The van der Waals surface area contributed by atoms with Crippen molar-refractivity contribution in [2.75, 3.05) is 17.2 Å². The number of hydrogen-bond acceptors (Lipinski definition) is 7. The van der Waals surface area contributed by atoms with Crippen molar-refractivity contribution in [2.24, 2.45) is 5.92 Å². The van der Waals surface area contributed by atoms with Gasteiger partial charge in [-0.3, -0.25) is 0 Å². The van der Waals surface area contributed by atoms with Crippen LogP contribution in [0.15, 0.2) is 24.3 Å². The van der Waals surface area contributed by atoms with Crippen LogP contribution in [0.5, 0.6) is 0 Å². The normalized spacial score (nSPS) is 22.0. The number of thiazole rings is 1. The number of nitrogens with one attached hydrogen (secondary N) is 2. The predicted octanol–water partition coefficient (Wildman–Crippen LogP) is 4.60. The lowest BCUT2D eigenvalue weighted by molar-refractivity contribution is 0.229. The van der Waals surface area contributed by atoms with E-state index in [9.17, 15) is 5.11 Å². The predicted molar refractivity (Wildman–Crippen MR) is 118 cm³/mol. The summed E-state index contributed by atoms with van der Waals surface area (Å²) >= 11 is 1.69. The Bertz CT molecular complexity index is 983. The van der Waals surface area contributed by atoms with Gasteiger partial charge in [0.05, 0.1) is 21.5 Å². The molecule has 0 aliphatic heterocycles. The number of para-hydroxylation sites is 1. The molecule has 2 aliphatic rings. The molecule has 5 rings (SSSR count). The second kappa shape index (κ2) is 7.88. The molecule has 3 N–H and O–H groups in total. The number of hydrogen-bond donors (Lipinski definition) is 3. The van der Waals surface area contributed by atoms with E-state index in [-0.39, 0.29) is 6.61 Å². The molecule has 29 heavy (non-hydrogen) atoms. The van der Waals surface area contributed by atoms with Crippen molar-refractivity contribution >= 4 is 33.3 Å². The van der Waals surface area contributed by atoms with Crippen molar-refractivity contribution in [3.8, 4) is 10.6 Å². The van der Waals surface area contributed by atoms with E-state index in [0.717, 1.165) is 46.9 Å². The van der Waals surface area contributed by atoms with Gasteiger partial charge >= 0.3 is 0 Å². The number of aryl methyl sites for hydroxylation is 1. The van der Waals surface area contributed by atoms with E-state index in [1.807, 2.05) is 25.1 Å². The molecule has 0 radical (unpaired) electrons. The molecule has 2 aromatic heterocycles. The summed E-state index contributed by atoms with van der Waals surface area (Å²) in [6.07, 6.45) is 6.73. The topological polar surface area (TPSA) is 83.0 Å². The molecular weight excluding hydrogens is 382 g/mol. The molecule has 0 spiro atoms. The lowest BCUT2D eigenvalue weighted by atomic mass is 9.93. The molecular formula is C22H27N5OS. The number of anilines is 2. The maximum atomic E-state index is 9.51. The van der Waals surface area contributed by atoms with Gasteiger partial charge in [0, 0.05) is 18.7 Å². The van der Waals surface area contributed by atoms with Gasteiger partial charge in [-0.2, -0.15) is 4.98 Å². The third-order valence-electron chi connectivity index (χ3n) is 6.18. The highest BCUT2D eigenvalue weighted by Gasteiger charge is 2.27. The zero-order chi connectivity index (χ0) is 19.8. The first-order chi connectivity index (χ1) is 14.2. The van der Waals surface area contributed by atoms with Crippen LogP contribution in [0.3, 0.4) is 0 Å². The quantitative estimate of drug-likeness (QED) is 0.552. The molecule has 0 amide bonds. The van der Waals surface area contributed by atoms with E-state index in [2.05, 4.69) is 16.7 Å². The second-order valence-corrected chi connectivity index (χ2v) is 9.35. The summed E-state index contributed by atoms with van der Waals surface area (Å²) in [6, 6.07) is 9.04. The molecule has 152 valence electrons. The molecule has 2 atom stereocenters. The first kappa shape index (κ1) is 18.8. The summed E-state index contributed by atoms with van der Waals surface area (Å²) in [4.78, 5) is 14.5. The van der Waals surface area contributed by atoms with Crippen molar-refractivity contribution in [1.29, 1.82) is 0 Å². The average molecular weight is 410 g/mol. The Morgan fingerprint density at radius 1 is 1.03 bits per heavy atom. The van der Waals surface area contributed by atoms with Crippen LogP contribution in [0, 0.1) is 12.8 Å². The van der Waals surface area contributed by atoms with Crippen molar-refractivity contribution in [1.82, 2.24) is 15.0 Å². The number of aliphatic hydroxyl groups is 1. The zero-order valence-corrected chi connectivity index (χ0v) is 17.5. The van der Waals surface area contributed by atoms with Gasteiger partial charge in [-0.1, -0.05) is 12.1 Å². The molecule has 2 fully saturated rings. The van der Waals surface area contributed by atoms with Crippen molar-refractivity contribution in [3.05, 3.63) is 30.0 Å². The molecule has 2 saturated carbocycles. The van der Waals surface area contributed by atoms with E-state index in [0.29, 0.717) is 23.9 Å². The number of benzene rings is 1. The van der Waals surface area contributed by atoms with Gasteiger partial charge < -0.3 is 15.7 Å². The Morgan fingerprint density at radius 2 is 1.90 bits per heavy atom. The summed E-state index contributed by atoms with van der Waals surface area (Å²) in [5, 5.41) is 17.6. The van der Waals surface area contributed by atoms with Crippen LogP contribution in [-0.2, 0) is 0 Å². The summed E-state index contributed by atoms with van der Waals surface area (Å²) in [5.74, 6) is 1.95. The number of rotatable bonds is 6. The average Bonchev–Trinajstić information content (AvgIpc) is 3.30. The van der Waals surface area contributed by atoms with Crippen molar-refractivity contribution < 1.29 is 5.11 Å². The fourth-order valence-electron chi connectivity index (χ4n) is 4.28. The highest BCUT2D eigenvalue weighted by Crippen LogP contribution is 2.38. The van der Waals surface area contributed by atoms with E-state index in [1.165, 1.54) is 24.0 Å². The first-order valence-electron chi connectivity index (χ1n) is 10.6. The summed E-state index contributed by atoms with van der Waals surface area (Å²) in [5.41, 5.74) is 2.95. The van der Waals surface area contributed by atoms with E-state index in [1.54, 1.807) is 11.3 Å². The third kappa shape index (κ3) is 3.81. The minimum absolute atomic E-state index is 0.264. The lowest BCUT2D eigenvalue weighted by Gasteiger charge is -2.27. The van der Waals surface area contributed by atoms with Crippen LogP contribution >= 0.6 is 11.3 Å². The van der Waals surface area contributed by atoms with Crippen LogP contribution in [0.25, 0.3) is 20.8 Å². The van der Waals surface area contributed by atoms with Crippen LogP contribution in [0.1, 0.15) is 44.2 Å². The summed E-state index contributed by atoms with van der Waals surface area (Å²) in [7, 11) is 0. The fraction of sp³-hybridized carbons (Fsp3) is 0.500. The summed E-state index contributed by atoms with van der Waals surface area (Å²) < 4.78 is 1.17. The molecule has 2 unspecified atom stereocenters. The van der Waals surface area contributed by atoms with Gasteiger partial charge in [0.25, 0.3) is 0 Å². The minimum atomic E-state index is 0.264. The lowest BCUT2D eigenvalue weighted by Crippen LogP contribution is -2.28. The summed E-state index contributed by atoms with van der Waals surface area (Å²) in [6.45, 7) is 2.31. The molecule has 0 bridgehead atoms. The third-order valence-corrected chi connectivity index (χ3v) is 7.23. The van der Waals surface area contributed by atoms with Crippen LogP contribution < -0.4 is 10.6 Å². The first-order valence-corrected chi connectivity index (χ1v) is 11.4. The SMILES string of the molecule is Cc1nc(NC2CCC2)nc(NC2CCC(CO)C2)c1-c1nc2ccccc2s1. The fourth-order valence-corrected chi connectivity index (χ4v) is 5.34. The smallest absolute Gasteiger partial charge is 0.225 e. The Morgan fingerprint density at radius 3 is 2.62 bits per heavy atom. The van der Waals surface area contributed by atoms with Crippen LogP contribution in [0.4, 0.5) is 11.8 Å². The Labute approximate surface area is 174 Å². The molecule has 2 heterocycles. The van der Waals surface area contributed by atoms with Crippen LogP contribution in [-0.4, -0.2) is 38.7 Å². The monoisotopic (exact) mass is 409 g/mol. The second-order valence-electron chi connectivity index (χ2n) is 8.32. The number of nitrogens with zero attached hydrogens (tertiary/aromatic N) is 3. The maximum Gasteiger partial charge on any atom is 0.225 e. The van der Waals surface area contributed by atoms with Gasteiger partial charge in [0.2, 0.25) is 5.95 Å². The van der Waals surface area contributed by atoms with E-state index in [4.69, 9.17) is 15.0 Å². The van der Waals surface area contributed by atoms with E-state index >= 15 is 0 Å². The van der Waals surface area contributed by atoms with Gasteiger partial charge in [0.1, 0.15) is 10.8 Å². The Hall–Kier alpha value is -2.25. The molecule has 3 aromatic rings. The number of fused-ring (bicyclic) bond motifs is 1.